The molecule has 1 N–H and O–H groups in total. The Morgan fingerprint density at radius 1 is 1.18 bits per heavy atom. The lowest BCUT2D eigenvalue weighted by molar-refractivity contribution is -0.145. The van der Waals surface area contributed by atoms with Gasteiger partial charge in [-0.3, -0.25) is 19.2 Å². The van der Waals surface area contributed by atoms with Crippen LogP contribution in [0.25, 0.3) is 0 Å². The van der Waals surface area contributed by atoms with E-state index in [4.69, 9.17) is 9.84 Å². The van der Waals surface area contributed by atoms with Crippen LogP contribution in [0, 0.1) is 5.92 Å². The molecule has 3 rings (SSSR count). The van der Waals surface area contributed by atoms with E-state index in [0.717, 1.165) is 0 Å². The second kappa shape index (κ2) is 8.00. The number of amides is 2. The number of carbonyl (C=O) groups is 4. The largest absolute Gasteiger partial charge is 0.481 e. The third-order valence-corrected chi connectivity index (χ3v) is 5.39. The fourth-order valence-corrected chi connectivity index (χ4v) is 3.58. The highest BCUT2D eigenvalue weighted by Gasteiger charge is 2.30. The van der Waals surface area contributed by atoms with Gasteiger partial charge in [0.25, 0.3) is 5.91 Å². The molecule has 2 aliphatic rings. The topological polar surface area (TPSA) is 104 Å². The van der Waals surface area contributed by atoms with Gasteiger partial charge in [0, 0.05) is 38.5 Å². The summed E-state index contributed by atoms with van der Waals surface area (Å²) in [5.41, 5.74) is 0.963. The lowest BCUT2D eigenvalue weighted by Gasteiger charge is -2.30. The molecule has 8 nitrogen and oxygen atoms in total. The van der Waals surface area contributed by atoms with Gasteiger partial charge in [0.15, 0.2) is 11.9 Å². The van der Waals surface area contributed by atoms with Gasteiger partial charge >= 0.3 is 5.97 Å². The molecule has 0 radical (unpaired) electrons. The van der Waals surface area contributed by atoms with Crippen LogP contribution in [0.3, 0.4) is 0 Å². The van der Waals surface area contributed by atoms with Crippen LogP contribution in [0.5, 0.6) is 5.75 Å². The molecule has 28 heavy (non-hydrogen) atoms. The second-order valence-electron chi connectivity index (χ2n) is 7.26. The van der Waals surface area contributed by atoms with Crippen molar-refractivity contribution < 1.29 is 29.0 Å². The van der Waals surface area contributed by atoms with Crippen molar-refractivity contribution in [3.8, 4) is 5.75 Å². The van der Waals surface area contributed by atoms with Gasteiger partial charge in [0.1, 0.15) is 5.75 Å². The lowest BCUT2D eigenvalue weighted by atomic mass is 9.96. The van der Waals surface area contributed by atoms with E-state index >= 15 is 0 Å². The Morgan fingerprint density at radius 3 is 2.50 bits per heavy atom. The number of nitrogens with zero attached hydrogens (tertiary/aromatic N) is 2. The van der Waals surface area contributed by atoms with Crippen LogP contribution in [0.1, 0.15) is 43.0 Å². The molecule has 8 heteroatoms. The molecule has 1 fully saturated rings. The molecule has 2 heterocycles. The Labute approximate surface area is 163 Å². The van der Waals surface area contributed by atoms with E-state index in [2.05, 4.69) is 0 Å². The Bertz CT molecular complexity index is 813. The van der Waals surface area contributed by atoms with Crippen LogP contribution in [0.2, 0.25) is 0 Å². The number of anilines is 1. The predicted octanol–water partition coefficient (Wildman–Crippen LogP) is 1.72. The first-order valence-electron chi connectivity index (χ1n) is 9.40. The van der Waals surface area contributed by atoms with Gasteiger partial charge in [0.2, 0.25) is 5.91 Å². The number of likely N-dealkylation sites (tertiary alicyclic amines) is 1. The number of Topliss-reactive ketones (excluding diaryl/α,β-unsaturated/α-hetero) is 1. The lowest BCUT2D eigenvalue weighted by Crippen LogP contribution is -2.42. The van der Waals surface area contributed by atoms with Crippen molar-refractivity contribution in [3.05, 3.63) is 23.8 Å². The maximum atomic E-state index is 12.5. The summed E-state index contributed by atoms with van der Waals surface area (Å²) in [6.45, 7) is 2.49. The fraction of sp³-hybridized carbons (Fsp3) is 0.500. The Balaban J connectivity index is 1.58. The summed E-state index contributed by atoms with van der Waals surface area (Å²) in [4.78, 5) is 51.0. The molecule has 150 valence electrons. The molecule has 0 bridgehead atoms. The number of ether oxygens (including phenoxy) is 1. The van der Waals surface area contributed by atoms with Gasteiger partial charge in [-0.1, -0.05) is 0 Å². The summed E-state index contributed by atoms with van der Waals surface area (Å²) in [6, 6.07) is 4.92. The fourth-order valence-electron chi connectivity index (χ4n) is 3.58. The highest BCUT2D eigenvalue weighted by Crippen LogP contribution is 2.34. The molecule has 2 aliphatic heterocycles. The molecule has 1 atom stereocenters. The minimum atomic E-state index is -0.823. The quantitative estimate of drug-likeness (QED) is 0.770. The van der Waals surface area contributed by atoms with E-state index in [9.17, 15) is 19.2 Å². The zero-order chi connectivity index (χ0) is 20.4. The maximum Gasteiger partial charge on any atom is 0.306 e. The van der Waals surface area contributed by atoms with Crippen LogP contribution in [-0.4, -0.2) is 59.8 Å². The third kappa shape index (κ3) is 4.00. The highest BCUT2D eigenvalue weighted by atomic mass is 16.5. The van der Waals surface area contributed by atoms with E-state index in [-0.39, 0.29) is 30.4 Å². The number of aliphatic carboxylic acids is 1. The molecule has 1 aromatic carbocycles. The minimum absolute atomic E-state index is 0.0609. The van der Waals surface area contributed by atoms with Crippen molar-refractivity contribution in [1.82, 2.24) is 4.90 Å². The smallest absolute Gasteiger partial charge is 0.306 e. The molecule has 0 aliphatic carbocycles. The highest BCUT2D eigenvalue weighted by molar-refractivity contribution is 6.03. The number of carboxylic acid groups (broad SMARTS) is 1. The van der Waals surface area contributed by atoms with Crippen LogP contribution >= 0.6 is 0 Å². The summed E-state index contributed by atoms with van der Waals surface area (Å²) in [6.07, 6.45) is 0.459. The molecule has 2 amide bonds. The first-order valence-corrected chi connectivity index (χ1v) is 9.40. The molecule has 0 aromatic heterocycles. The van der Waals surface area contributed by atoms with Crippen molar-refractivity contribution in [3.63, 3.8) is 0 Å². The first-order chi connectivity index (χ1) is 13.3. The van der Waals surface area contributed by atoms with Gasteiger partial charge in [-0.2, -0.15) is 0 Å². The summed E-state index contributed by atoms with van der Waals surface area (Å²) in [5.74, 6) is -1.18. The average molecular weight is 388 g/mol. The number of piperidine rings is 1. The standard InChI is InChI=1S/C20H24N2O6/c1-12-19(25)21(2)15-11-14(3-5-17(15)28-12)16(23)4-6-18(24)22-9-7-13(8-10-22)20(26)27/h3,5,11-13H,4,6-10H2,1-2H3,(H,26,27). The van der Waals surface area contributed by atoms with Crippen molar-refractivity contribution in [2.75, 3.05) is 25.0 Å². The number of hydrogen-bond acceptors (Lipinski definition) is 5. The van der Waals surface area contributed by atoms with Crippen molar-refractivity contribution >= 4 is 29.3 Å². The zero-order valence-corrected chi connectivity index (χ0v) is 16.0. The van der Waals surface area contributed by atoms with Gasteiger partial charge in [0.05, 0.1) is 11.6 Å². The van der Waals surface area contributed by atoms with E-state index in [0.29, 0.717) is 42.9 Å². The molecular formula is C20H24N2O6. The third-order valence-electron chi connectivity index (χ3n) is 5.39. The first kappa shape index (κ1) is 19.9. The molecule has 1 unspecified atom stereocenters. The van der Waals surface area contributed by atoms with E-state index in [1.165, 1.54) is 4.90 Å². The molecule has 1 aromatic rings. The zero-order valence-electron chi connectivity index (χ0n) is 16.0. The molecular weight excluding hydrogens is 364 g/mol. The SMILES string of the molecule is CC1Oc2ccc(C(=O)CCC(=O)N3CCC(C(=O)O)CC3)cc2N(C)C1=O. The Morgan fingerprint density at radius 2 is 1.86 bits per heavy atom. The van der Waals surface area contributed by atoms with E-state index < -0.39 is 18.0 Å². The number of ketones is 1. The monoisotopic (exact) mass is 388 g/mol. The van der Waals surface area contributed by atoms with Crippen LogP contribution in [0.4, 0.5) is 5.69 Å². The van der Waals surface area contributed by atoms with Crippen molar-refractivity contribution in [2.45, 2.75) is 38.7 Å². The normalized spacial score (nSPS) is 19.8. The van der Waals surface area contributed by atoms with Crippen LogP contribution in [0.15, 0.2) is 18.2 Å². The molecule has 0 saturated carbocycles. The number of hydrogen-bond donors (Lipinski definition) is 1. The number of benzene rings is 1. The van der Waals surface area contributed by atoms with Gasteiger partial charge in [-0.25, -0.2) is 0 Å². The van der Waals surface area contributed by atoms with Crippen LogP contribution in [-0.2, 0) is 14.4 Å². The number of likely N-dealkylation sites (N-methyl/N-ethyl adjacent to an activating group) is 1. The minimum Gasteiger partial charge on any atom is -0.481 e. The number of carbonyl (C=O) groups excluding carboxylic acids is 3. The van der Waals surface area contributed by atoms with E-state index in [1.807, 2.05) is 0 Å². The Hall–Kier alpha value is -2.90. The summed E-state index contributed by atoms with van der Waals surface area (Å²) in [5, 5.41) is 9.02. The molecule has 0 spiro atoms. The predicted molar refractivity (Wildman–Crippen MR) is 100 cm³/mol. The van der Waals surface area contributed by atoms with Gasteiger partial charge in [-0.05, 0) is 38.0 Å². The number of fused-ring (bicyclic) bond motifs is 1. The average Bonchev–Trinajstić information content (AvgIpc) is 2.70. The second-order valence-corrected chi connectivity index (χ2v) is 7.26. The van der Waals surface area contributed by atoms with Crippen molar-refractivity contribution in [2.24, 2.45) is 5.92 Å². The molecule has 1 saturated heterocycles. The van der Waals surface area contributed by atoms with Crippen molar-refractivity contribution in [1.29, 1.82) is 0 Å². The Kier molecular flexibility index (Phi) is 5.67. The summed E-state index contributed by atoms with van der Waals surface area (Å²) < 4.78 is 5.55. The van der Waals surface area contributed by atoms with Gasteiger partial charge in [-0.15, -0.1) is 0 Å². The number of rotatable bonds is 5. The van der Waals surface area contributed by atoms with Crippen LogP contribution < -0.4 is 9.64 Å². The number of carboxylic acids is 1. The van der Waals surface area contributed by atoms with Gasteiger partial charge < -0.3 is 19.6 Å². The van der Waals surface area contributed by atoms with E-state index in [1.54, 1.807) is 37.1 Å². The summed E-state index contributed by atoms with van der Waals surface area (Å²) in [7, 11) is 1.64. The summed E-state index contributed by atoms with van der Waals surface area (Å²) >= 11 is 0. The maximum absolute atomic E-state index is 12.5.